The Balaban J connectivity index is 1.26. The Kier molecular flexibility index (Phi) is 13.5. The van der Waals surface area contributed by atoms with E-state index in [0.29, 0.717) is 110 Å². The number of nitrogens with zero attached hydrogens (tertiary/aromatic N) is 8. The highest BCUT2D eigenvalue weighted by atomic mass is 35.5. The third-order valence-corrected chi connectivity index (χ3v) is 12.3. The van der Waals surface area contributed by atoms with Crippen molar-refractivity contribution in [3.05, 3.63) is 210 Å². The molecule has 0 spiro atoms. The van der Waals surface area contributed by atoms with Crippen LogP contribution in [0.5, 0.6) is 23.0 Å². The second-order valence-electron chi connectivity index (χ2n) is 15.8. The third kappa shape index (κ3) is 10.4. The largest absolute Gasteiger partial charge is 0.507 e. The van der Waals surface area contributed by atoms with Crippen molar-refractivity contribution in [3.8, 4) is 23.0 Å². The summed E-state index contributed by atoms with van der Waals surface area (Å²) in [5.41, 5.74) is 6.07. The molecule has 8 aromatic carbocycles. The van der Waals surface area contributed by atoms with E-state index < -0.39 is 0 Å². The van der Waals surface area contributed by atoms with Gasteiger partial charge in [0, 0.05) is 70.2 Å². The van der Waals surface area contributed by atoms with E-state index in [0.717, 1.165) is 0 Å². The van der Waals surface area contributed by atoms with Crippen molar-refractivity contribution in [1.82, 2.24) is 0 Å². The number of fused-ring (bicyclic) bond motifs is 8. The van der Waals surface area contributed by atoms with Crippen molar-refractivity contribution in [3.63, 3.8) is 0 Å². The highest BCUT2D eigenvalue weighted by molar-refractivity contribution is 6.34. The van der Waals surface area contributed by atoms with Crippen molar-refractivity contribution in [2.45, 2.75) is 25.7 Å². The number of azo groups is 4. The molecule has 8 aromatic rings. The molecular formula is C52H36Cl4N8O4. The van der Waals surface area contributed by atoms with Gasteiger partial charge in [0.2, 0.25) is 0 Å². The quantitative estimate of drug-likeness (QED) is 0.111. The molecule has 336 valence electrons. The Bertz CT molecular complexity index is 2840. The molecule has 0 aromatic heterocycles. The van der Waals surface area contributed by atoms with E-state index in [4.69, 9.17) is 46.4 Å². The molecular weight excluding hydrogens is 942 g/mol. The minimum absolute atomic E-state index is 0.0325. The van der Waals surface area contributed by atoms with E-state index >= 15 is 0 Å². The molecule has 0 saturated heterocycles. The normalized spacial score (nSPS) is 12.8. The zero-order valence-corrected chi connectivity index (χ0v) is 38.6. The number of phenols is 4. The van der Waals surface area contributed by atoms with Crippen molar-refractivity contribution in [2.24, 2.45) is 40.9 Å². The topological polar surface area (TPSA) is 180 Å². The van der Waals surface area contributed by atoms with Crippen LogP contribution in [0.15, 0.2) is 187 Å². The van der Waals surface area contributed by atoms with Gasteiger partial charge in [-0.25, -0.2) is 0 Å². The highest BCUT2D eigenvalue weighted by Gasteiger charge is 2.22. The molecule has 1 aliphatic rings. The first-order valence-corrected chi connectivity index (χ1v) is 22.5. The average Bonchev–Trinajstić information content (AvgIpc) is 3.33. The standard InChI is InChI=1S/C52H36Cl4N8O4/c53-41-9-1-5-13-45(41)61-57-37-21-29-17-31-23-38(58-62-46-14-6-2-10-42(46)54)25-33(50(31)66)19-35-27-40(60-64-48-16-8-4-12-44(48)56)28-36(52(35)68)20-34-26-39(59-63-47-15-7-3-11-43(47)55)24-32(51(34)67)18-30(22-37)49(29)65/h1-16,21-28,65-68H,17-20H2. The van der Waals surface area contributed by atoms with Gasteiger partial charge in [-0.15, -0.1) is 20.5 Å². The summed E-state index contributed by atoms with van der Waals surface area (Å²) in [5.74, 6) is -0.451. The average molecular weight is 979 g/mol. The van der Waals surface area contributed by atoms with Crippen LogP contribution in [0.25, 0.3) is 0 Å². The van der Waals surface area contributed by atoms with Crippen molar-refractivity contribution >= 4 is 91.9 Å². The minimum atomic E-state index is -0.113. The van der Waals surface area contributed by atoms with Crippen LogP contribution in [0.3, 0.4) is 0 Å². The second-order valence-corrected chi connectivity index (χ2v) is 17.4. The number of phenolic OH excluding ortho intramolecular Hbond substituents is 4. The molecule has 0 fully saturated rings. The predicted molar refractivity (Wildman–Crippen MR) is 266 cm³/mol. The van der Waals surface area contributed by atoms with E-state index in [9.17, 15) is 20.4 Å². The molecule has 1 aliphatic carbocycles. The van der Waals surface area contributed by atoms with Gasteiger partial charge in [-0.2, -0.15) is 20.5 Å². The Morgan fingerprint density at radius 3 is 0.618 bits per heavy atom. The summed E-state index contributed by atoms with van der Waals surface area (Å²) in [6.45, 7) is 0. The van der Waals surface area contributed by atoms with Gasteiger partial charge in [0.25, 0.3) is 0 Å². The maximum absolute atomic E-state index is 12.2. The summed E-state index contributed by atoms with van der Waals surface area (Å²) in [4.78, 5) is 0. The van der Waals surface area contributed by atoms with Gasteiger partial charge in [-0.3, -0.25) is 0 Å². The Labute approximate surface area is 409 Å². The molecule has 0 radical (unpaired) electrons. The van der Waals surface area contributed by atoms with E-state index in [1.165, 1.54) is 0 Å². The molecule has 0 unspecified atom stereocenters. The van der Waals surface area contributed by atoms with Crippen LogP contribution in [0, 0.1) is 0 Å². The first-order valence-electron chi connectivity index (χ1n) is 21.0. The maximum Gasteiger partial charge on any atom is 0.122 e. The van der Waals surface area contributed by atoms with Gasteiger partial charge in [0.05, 0.1) is 42.8 Å². The molecule has 0 heterocycles. The zero-order chi connectivity index (χ0) is 47.3. The van der Waals surface area contributed by atoms with E-state index in [-0.39, 0.29) is 48.7 Å². The Morgan fingerprint density at radius 1 is 0.265 bits per heavy atom. The number of aromatic hydroxyl groups is 4. The van der Waals surface area contributed by atoms with Crippen LogP contribution in [0.4, 0.5) is 45.5 Å². The molecule has 12 nitrogen and oxygen atoms in total. The number of hydrogen-bond donors (Lipinski definition) is 4. The predicted octanol–water partition coefficient (Wildman–Crippen LogP) is 17.5. The SMILES string of the molecule is Oc1c2cc(N=Nc3ccccc3Cl)cc1Cc1cc(N=Nc3ccccc3Cl)cc(c1O)Cc1cc(N=Nc3ccccc3Cl)cc(c1O)Cc1cc(N=Nc3ccccc3Cl)cc(c1O)C2. The first kappa shape index (κ1) is 45.7. The van der Waals surface area contributed by atoms with Crippen LogP contribution in [0.1, 0.15) is 44.5 Å². The minimum Gasteiger partial charge on any atom is -0.507 e. The van der Waals surface area contributed by atoms with Crippen LogP contribution >= 0.6 is 46.4 Å². The lowest BCUT2D eigenvalue weighted by molar-refractivity contribution is 0.450. The van der Waals surface area contributed by atoms with Crippen LogP contribution < -0.4 is 0 Å². The summed E-state index contributed by atoms with van der Waals surface area (Å²) in [5, 5.41) is 86.0. The fourth-order valence-corrected chi connectivity index (χ4v) is 8.37. The summed E-state index contributed by atoms with van der Waals surface area (Å²) in [7, 11) is 0. The van der Waals surface area contributed by atoms with Gasteiger partial charge >= 0.3 is 0 Å². The molecule has 4 N–H and O–H groups in total. The summed E-state index contributed by atoms with van der Waals surface area (Å²) >= 11 is 25.8. The molecule has 0 aliphatic heterocycles. The maximum atomic E-state index is 12.2. The summed E-state index contributed by atoms with van der Waals surface area (Å²) in [6.07, 6.45) is -0.130. The van der Waals surface area contributed by atoms with Crippen molar-refractivity contribution in [2.75, 3.05) is 0 Å². The van der Waals surface area contributed by atoms with E-state index in [1.54, 1.807) is 146 Å². The monoisotopic (exact) mass is 976 g/mol. The molecule has 9 rings (SSSR count). The van der Waals surface area contributed by atoms with Crippen molar-refractivity contribution in [1.29, 1.82) is 0 Å². The number of benzene rings is 8. The second kappa shape index (κ2) is 20.2. The van der Waals surface area contributed by atoms with Crippen molar-refractivity contribution < 1.29 is 20.4 Å². The molecule has 0 amide bonds. The van der Waals surface area contributed by atoms with Gasteiger partial charge in [0.15, 0.2) is 0 Å². The highest BCUT2D eigenvalue weighted by Crippen LogP contribution is 2.43. The lowest BCUT2D eigenvalue weighted by atomic mass is 9.90. The Hall–Kier alpha value is -7.48. The molecule has 0 atom stereocenters. The summed E-state index contributed by atoms with van der Waals surface area (Å²) in [6, 6.07) is 41.2. The number of halogens is 4. The molecule has 68 heavy (non-hydrogen) atoms. The van der Waals surface area contributed by atoms with E-state index in [2.05, 4.69) is 40.9 Å². The van der Waals surface area contributed by atoms with Gasteiger partial charge < -0.3 is 20.4 Å². The smallest absolute Gasteiger partial charge is 0.122 e. The molecule has 16 heteroatoms. The zero-order valence-electron chi connectivity index (χ0n) is 35.6. The van der Waals surface area contributed by atoms with Gasteiger partial charge in [0.1, 0.15) is 45.7 Å². The number of hydrogen-bond acceptors (Lipinski definition) is 12. The van der Waals surface area contributed by atoms with Crippen LogP contribution in [0.2, 0.25) is 20.1 Å². The Morgan fingerprint density at radius 2 is 0.441 bits per heavy atom. The summed E-state index contributed by atoms with van der Waals surface area (Å²) < 4.78 is 0. The van der Waals surface area contributed by atoms with Crippen LogP contribution in [-0.2, 0) is 25.7 Å². The third-order valence-electron chi connectivity index (χ3n) is 11.0. The molecule has 8 bridgehead atoms. The lowest BCUT2D eigenvalue weighted by Gasteiger charge is -2.18. The fourth-order valence-electron chi connectivity index (χ4n) is 7.67. The van der Waals surface area contributed by atoms with E-state index in [1.807, 2.05) is 0 Å². The lowest BCUT2D eigenvalue weighted by Crippen LogP contribution is -2.01. The van der Waals surface area contributed by atoms with Crippen LogP contribution in [-0.4, -0.2) is 20.4 Å². The molecule has 0 saturated carbocycles. The van der Waals surface area contributed by atoms with Gasteiger partial charge in [-0.1, -0.05) is 94.9 Å². The number of rotatable bonds is 8. The first-order chi connectivity index (χ1) is 32.9. The van der Waals surface area contributed by atoms with Gasteiger partial charge in [-0.05, 0) is 97.1 Å². The fraction of sp³-hybridized carbons (Fsp3) is 0.0769.